The Morgan fingerprint density at radius 2 is 2.32 bits per heavy atom. The maximum Gasteiger partial charge on any atom is 0.220 e. The fourth-order valence-corrected chi connectivity index (χ4v) is 3.15. The number of aryl methyl sites for hydroxylation is 1. The number of fused-ring (bicyclic) bond motifs is 1. The smallest absolute Gasteiger partial charge is 0.220 e. The molecule has 0 radical (unpaired) electrons. The Morgan fingerprint density at radius 1 is 1.47 bits per heavy atom. The topological polar surface area (TPSA) is 71.2 Å². The summed E-state index contributed by atoms with van der Waals surface area (Å²) in [6.07, 6.45) is 4.45. The Kier molecular flexibility index (Phi) is 3.05. The summed E-state index contributed by atoms with van der Waals surface area (Å²) in [4.78, 5) is 18.1. The molecule has 0 spiro atoms. The number of rotatable bonds is 1. The average molecular weight is 260 g/mol. The summed E-state index contributed by atoms with van der Waals surface area (Å²) in [5.74, 6) is 1.61. The molecule has 5 heteroatoms. The van der Waals surface area contributed by atoms with Crippen molar-refractivity contribution in [3.63, 3.8) is 0 Å². The first-order valence-electron chi connectivity index (χ1n) is 6.90. The van der Waals surface area contributed by atoms with Gasteiger partial charge in [0.05, 0.1) is 5.69 Å². The van der Waals surface area contributed by atoms with Crippen molar-refractivity contribution in [2.24, 2.45) is 5.92 Å². The van der Waals surface area contributed by atoms with E-state index in [1.807, 2.05) is 19.2 Å². The molecule has 5 nitrogen and oxygen atoms in total. The van der Waals surface area contributed by atoms with Crippen LogP contribution in [0.25, 0.3) is 0 Å². The molecule has 1 aromatic heterocycles. The largest absolute Gasteiger partial charge is 0.396 e. The van der Waals surface area contributed by atoms with Gasteiger partial charge in [-0.25, -0.2) is 4.98 Å². The number of nitrogens with two attached hydrogens (primary N) is 1. The second-order valence-electron chi connectivity index (χ2n) is 5.63. The van der Waals surface area contributed by atoms with Crippen molar-refractivity contribution in [1.29, 1.82) is 0 Å². The summed E-state index contributed by atoms with van der Waals surface area (Å²) in [6.45, 7) is 3.84. The van der Waals surface area contributed by atoms with Gasteiger partial charge in [-0.1, -0.05) is 0 Å². The van der Waals surface area contributed by atoms with E-state index < -0.39 is 0 Å². The number of aromatic nitrogens is 1. The summed E-state index contributed by atoms with van der Waals surface area (Å²) < 4.78 is 0. The van der Waals surface area contributed by atoms with Crippen molar-refractivity contribution >= 4 is 17.4 Å². The minimum absolute atomic E-state index is 0.197. The summed E-state index contributed by atoms with van der Waals surface area (Å²) in [5, 5.41) is 3.10. The average Bonchev–Trinajstić information content (AvgIpc) is 2.38. The lowest BCUT2D eigenvalue weighted by Crippen LogP contribution is -2.54. The van der Waals surface area contributed by atoms with Gasteiger partial charge in [-0.2, -0.15) is 0 Å². The van der Waals surface area contributed by atoms with Gasteiger partial charge in [0, 0.05) is 31.7 Å². The molecule has 3 N–H and O–H groups in total. The van der Waals surface area contributed by atoms with Crippen molar-refractivity contribution in [2.75, 3.05) is 23.7 Å². The van der Waals surface area contributed by atoms with Crippen LogP contribution < -0.4 is 16.0 Å². The number of carbonyl (C=O) groups excluding carboxylic acids is 1. The first kappa shape index (κ1) is 12.3. The van der Waals surface area contributed by atoms with Gasteiger partial charge in [-0.15, -0.1) is 0 Å². The Balaban J connectivity index is 1.76. The number of hydrogen-bond donors (Lipinski definition) is 2. The maximum absolute atomic E-state index is 11.4. The molecule has 3 rings (SSSR count). The standard InChI is InChI=1S/C14H20N4O/c1-9-6-11(15)14(16-7-9)18-5-4-12-10(8-18)2-3-13(19)17-12/h6-7,10,12H,2-5,8,15H2,1H3,(H,17,19). The fraction of sp³-hybridized carbons (Fsp3) is 0.571. The van der Waals surface area contributed by atoms with E-state index in [-0.39, 0.29) is 5.91 Å². The van der Waals surface area contributed by atoms with Gasteiger partial charge in [-0.3, -0.25) is 4.79 Å². The lowest BCUT2D eigenvalue weighted by Gasteiger charge is -2.42. The third kappa shape index (κ3) is 2.37. The summed E-state index contributed by atoms with van der Waals surface area (Å²) in [5.41, 5.74) is 7.90. The van der Waals surface area contributed by atoms with Gasteiger partial charge in [0.2, 0.25) is 5.91 Å². The fourth-order valence-electron chi connectivity index (χ4n) is 3.15. The minimum atomic E-state index is 0.197. The number of carbonyl (C=O) groups is 1. The third-order valence-electron chi connectivity index (χ3n) is 4.15. The van der Waals surface area contributed by atoms with Crippen LogP contribution in [-0.4, -0.2) is 30.0 Å². The zero-order valence-corrected chi connectivity index (χ0v) is 11.2. The Hall–Kier alpha value is -1.78. The van der Waals surface area contributed by atoms with Gasteiger partial charge in [-0.05, 0) is 37.3 Å². The van der Waals surface area contributed by atoms with E-state index in [1.54, 1.807) is 0 Å². The van der Waals surface area contributed by atoms with E-state index >= 15 is 0 Å². The molecular weight excluding hydrogens is 240 g/mol. The molecule has 1 aromatic rings. The summed E-state index contributed by atoms with van der Waals surface area (Å²) >= 11 is 0. The highest BCUT2D eigenvalue weighted by Gasteiger charge is 2.34. The number of pyridine rings is 1. The Bertz CT molecular complexity index is 502. The lowest BCUT2D eigenvalue weighted by atomic mass is 9.85. The number of anilines is 2. The molecule has 0 aromatic carbocycles. The van der Waals surface area contributed by atoms with Crippen LogP contribution >= 0.6 is 0 Å². The summed E-state index contributed by atoms with van der Waals surface area (Å²) in [7, 11) is 0. The maximum atomic E-state index is 11.4. The van der Waals surface area contributed by atoms with Crippen molar-refractivity contribution in [2.45, 2.75) is 32.2 Å². The molecule has 0 saturated carbocycles. The van der Waals surface area contributed by atoms with Gasteiger partial charge in [0.15, 0.2) is 5.82 Å². The van der Waals surface area contributed by atoms with Crippen LogP contribution in [0, 0.1) is 12.8 Å². The lowest BCUT2D eigenvalue weighted by molar-refractivity contribution is -0.124. The van der Waals surface area contributed by atoms with Crippen molar-refractivity contribution < 1.29 is 4.79 Å². The predicted octanol–water partition coefficient (Wildman–Crippen LogP) is 1.08. The van der Waals surface area contributed by atoms with Crippen LogP contribution in [0.1, 0.15) is 24.8 Å². The number of hydrogen-bond acceptors (Lipinski definition) is 4. The highest BCUT2D eigenvalue weighted by molar-refractivity contribution is 5.77. The number of amides is 1. The van der Waals surface area contributed by atoms with E-state index in [9.17, 15) is 4.79 Å². The molecule has 3 heterocycles. The second kappa shape index (κ2) is 4.72. The van der Waals surface area contributed by atoms with Crippen molar-refractivity contribution in [3.05, 3.63) is 17.8 Å². The molecule has 2 saturated heterocycles. The van der Waals surface area contributed by atoms with E-state index in [4.69, 9.17) is 5.73 Å². The van der Waals surface area contributed by atoms with E-state index in [0.717, 1.165) is 43.0 Å². The van der Waals surface area contributed by atoms with Gasteiger partial charge in [0.1, 0.15) is 0 Å². The van der Waals surface area contributed by atoms with Gasteiger partial charge >= 0.3 is 0 Å². The summed E-state index contributed by atoms with van der Waals surface area (Å²) in [6, 6.07) is 2.31. The van der Waals surface area contributed by atoms with Crippen molar-refractivity contribution in [3.8, 4) is 0 Å². The number of nitrogens with zero attached hydrogens (tertiary/aromatic N) is 2. The normalized spacial score (nSPS) is 26.8. The third-order valence-corrected chi connectivity index (χ3v) is 4.15. The molecule has 0 bridgehead atoms. The predicted molar refractivity (Wildman–Crippen MR) is 74.9 cm³/mol. The quantitative estimate of drug-likeness (QED) is 0.792. The number of nitrogen functional groups attached to an aromatic ring is 1. The van der Waals surface area contributed by atoms with Crippen LogP contribution in [0.3, 0.4) is 0 Å². The molecule has 2 fully saturated rings. The van der Waals surface area contributed by atoms with Crippen LogP contribution in [0.15, 0.2) is 12.3 Å². The van der Waals surface area contributed by atoms with Gasteiger partial charge in [0.25, 0.3) is 0 Å². The number of nitrogens with one attached hydrogen (secondary N) is 1. The molecule has 2 unspecified atom stereocenters. The first-order chi connectivity index (χ1) is 9.13. The van der Waals surface area contributed by atoms with Crippen LogP contribution in [0.2, 0.25) is 0 Å². The SMILES string of the molecule is Cc1cnc(N2CCC3NC(=O)CCC3C2)c(N)c1. The second-order valence-corrected chi connectivity index (χ2v) is 5.63. The molecule has 102 valence electrons. The van der Waals surface area contributed by atoms with E-state index in [0.29, 0.717) is 18.4 Å². The molecule has 2 aliphatic heterocycles. The van der Waals surface area contributed by atoms with E-state index in [1.165, 1.54) is 0 Å². The highest BCUT2D eigenvalue weighted by atomic mass is 16.1. The molecule has 2 aliphatic rings. The van der Waals surface area contributed by atoms with E-state index in [2.05, 4.69) is 15.2 Å². The van der Waals surface area contributed by atoms with Gasteiger partial charge < -0.3 is 16.0 Å². The monoisotopic (exact) mass is 260 g/mol. The Morgan fingerprint density at radius 3 is 3.11 bits per heavy atom. The molecule has 2 atom stereocenters. The van der Waals surface area contributed by atoms with Crippen molar-refractivity contribution in [1.82, 2.24) is 10.3 Å². The Labute approximate surface area is 113 Å². The zero-order valence-electron chi connectivity index (χ0n) is 11.2. The van der Waals surface area contributed by atoms with Crippen LogP contribution in [0.5, 0.6) is 0 Å². The molecule has 1 amide bonds. The first-order valence-corrected chi connectivity index (χ1v) is 6.90. The minimum Gasteiger partial charge on any atom is -0.396 e. The highest BCUT2D eigenvalue weighted by Crippen LogP contribution is 2.30. The number of piperidine rings is 2. The molecule has 0 aliphatic carbocycles. The molecule has 19 heavy (non-hydrogen) atoms. The molecular formula is C14H20N4O. The van der Waals surface area contributed by atoms with Crippen LogP contribution in [-0.2, 0) is 4.79 Å². The zero-order chi connectivity index (χ0) is 13.4. The van der Waals surface area contributed by atoms with Crippen LogP contribution in [0.4, 0.5) is 11.5 Å².